The van der Waals surface area contributed by atoms with Crippen molar-refractivity contribution in [2.75, 3.05) is 34.0 Å². The van der Waals surface area contributed by atoms with Crippen molar-refractivity contribution in [3.63, 3.8) is 0 Å². The van der Waals surface area contributed by atoms with Gasteiger partial charge in [0.1, 0.15) is 5.72 Å². The molecule has 2 bridgehead atoms. The molecule has 4 atom stereocenters. The topological polar surface area (TPSA) is 77.5 Å². The van der Waals surface area contributed by atoms with Crippen molar-refractivity contribution in [2.45, 2.75) is 50.2 Å². The van der Waals surface area contributed by atoms with Crippen LogP contribution in [0.3, 0.4) is 0 Å². The van der Waals surface area contributed by atoms with E-state index < -0.39 is 17.6 Å². The minimum absolute atomic E-state index is 0.0382. The zero-order valence-corrected chi connectivity index (χ0v) is 14.1. The molecule has 7 heteroatoms. The minimum Gasteiger partial charge on any atom is -0.453 e. The van der Waals surface area contributed by atoms with Gasteiger partial charge in [-0.05, 0) is 12.8 Å². The zero-order chi connectivity index (χ0) is 16.7. The predicted molar refractivity (Wildman–Crippen MR) is 80.6 cm³/mol. The van der Waals surface area contributed by atoms with Crippen LogP contribution < -0.4 is 0 Å². The van der Waals surface area contributed by atoms with Crippen LogP contribution >= 0.6 is 0 Å². The molecule has 1 saturated carbocycles. The molecule has 23 heavy (non-hydrogen) atoms. The fraction of sp³-hybridized carbons (Fsp3) is 0.938. The molecular formula is C16H27NO6. The number of carbonyl (C=O) groups excluding carboxylic acids is 1. The first-order valence-electron chi connectivity index (χ1n) is 8.38. The molecule has 3 aliphatic rings. The lowest BCUT2D eigenvalue weighted by Crippen LogP contribution is -2.56. The molecule has 1 amide bonds. The maximum absolute atomic E-state index is 12.4. The van der Waals surface area contributed by atoms with Gasteiger partial charge < -0.3 is 24.1 Å². The van der Waals surface area contributed by atoms with Crippen molar-refractivity contribution in [3.8, 4) is 0 Å². The van der Waals surface area contributed by atoms with Crippen LogP contribution in [0.4, 0.5) is 4.79 Å². The van der Waals surface area contributed by atoms with E-state index in [-0.39, 0.29) is 17.9 Å². The maximum atomic E-state index is 12.4. The van der Waals surface area contributed by atoms with E-state index in [9.17, 15) is 9.90 Å². The lowest BCUT2D eigenvalue weighted by molar-refractivity contribution is -0.195. The van der Waals surface area contributed by atoms with Gasteiger partial charge in [-0.2, -0.15) is 0 Å². The summed E-state index contributed by atoms with van der Waals surface area (Å²) in [5.74, 6) is -0.688. The summed E-state index contributed by atoms with van der Waals surface area (Å²) in [4.78, 5) is 13.9. The monoisotopic (exact) mass is 329 g/mol. The zero-order valence-electron chi connectivity index (χ0n) is 14.1. The van der Waals surface area contributed by atoms with Crippen LogP contribution in [0.2, 0.25) is 0 Å². The molecule has 2 aliphatic heterocycles. The second-order valence-corrected chi connectivity index (χ2v) is 6.72. The summed E-state index contributed by atoms with van der Waals surface area (Å²) in [6, 6.07) is -0.224. The molecule has 3 fully saturated rings. The second kappa shape index (κ2) is 6.20. The molecule has 1 aliphatic carbocycles. The van der Waals surface area contributed by atoms with Crippen LogP contribution in [0.1, 0.15) is 32.6 Å². The third kappa shape index (κ3) is 2.54. The number of ether oxygens (including phenoxy) is 4. The summed E-state index contributed by atoms with van der Waals surface area (Å²) in [6.45, 7) is 3.53. The fourth-order valence-electron chi connectivity index (χ4n) is 4.76. The molecule has 0 unspecified atom stereocenters. The van der Waals surface area contributed by atoms with Crippen LogP contribution in [-0.4, -0.2) is 67.7 Å². The van der Waals surface area contributed by atoms with Crippen molar-refractivity contribution >= 4 is 6.09 Å². The highest BCUT2D eigenvalue weighted by atomic mass is 16.7. The van der Waals surface area contributed by atoms with E-state index in [4.69, 9.17) is 18.9 Å². The number of aliphatic hydroxyl groups is 1. The maximum Gasteiger partial charge on any atom is 0.412 e. The number of amides is 1. The number of fused-ring (bicyclic) bond motifs is 2. The lowest BCUT2D eigenvalue weighted by Gasteiger charge is -2.42. The van der Waals surface area contributed by atoms with Gasteiger partial charge in [0.2, 0.25) is 0 Å². The first-order valence-corrected chi connectivity index (χ1v) is 8.38. The van der Waals surface area contributed by atoms with Gasteiger partial charge in [0.05, 0.1) is 26.9 Å². The minimum atomic E-state index is -1.21. The third-order valence-electron chi connectivity index (χ3n) is 5.77. The average Bonchev–Trinajstić information content (AvgIpc) is 3.03. The molecule has 1 spiro atoms. The van der Waals surface area contributed by atoms with Crippen molar-refractivity contribution in [3.05, 3.63) is 0 Å². The molecule has 132 valence electrons. The molecule has 0 radical (unpaired) electrons. The predicted octanol–water partition coefficient (Wildman–Crippen LogP) is 1.34. The van der Waals surface area contributed by atoms with Crippen LogP contribution in [0.25, 0.3) is 0 Å². The number of hydrogen-bond donors (Lipinski definition) is 1. The molecular weight excluding hydrogens is 302 g/mol. The summed E-state index contributed by atoms with van der Waals surface area (Å²) in [5.41, 5.74) is -1.21. The molecule has 0 aromatic rings. The first-order chi connectivity index (χ1) is 11.0. The Kier molecular flexibility index (Phi) is 4.57. The van der Waals surface area contributed by atoms with Crippen LogP contribution in [-0.2, 0) is 18.9 Å². The molecule has 0 aromatic heterocycles. The van der Waals surface area contributed by atoms with E-state index >= 15 is 0 Å². The lowest BCUT2D eigenvalue weighted by atomic mass is 9.82. The Morgan fingerprint density at radius 2 is 2.04 bits per heavy atom. The average molecular weight is 329 g/mol. The van der Waals surface area contributed by atoms with E-state index in [1.54, 1.807) is 7.11 Å². The van der Waals surface area contributed by atoms with E-state index in [0.717, 1.165) is 12.8 Å². The van der Waals surface area contributed by atoms with E-state index in [0.29, 0.717) is 32.7 Å². The molecule has 2 saturated heterocycles. The molecule has 7 nitrogen and oxygen atoms in total. The van der Waals surface area contributed by atoms with Gasteiger partial charge in [0, 0.05) is 37.8 Å². The number of methoxy groups -OCH3 is 2. The standard InChI is InChI=1S/C16H27NO6/c1-4-16(19)12-5-6-15(22-7-8-23-15)9-13(11(12)10-20-2)17(16)14(18)21-3/h11-13,19H,4-10H2,1-3H3/t11-,12+,13-,16+/m1/s1. The van der Waals surface area contributed by atoms with E-state index in [1.807, 2.05) is 6.92 Å². The van der Waals surface area contributed by atoms with Crippen molar-refractivity contribution < 1.29 is 28.8 Å². The smallest absolute Gasteiger partial charge is 0.412 e. The summed E-state index contributed by atoms with van der Waals surface area (Å²) in [5, 5.41) is 11.3. The Labute approximate surface area is 136 Å². The second-order valence-electron chi connectivity index (χ2n) is 6.72. The summed E-state index contributed by atoms with van der Waals surface area (Å²) in [6.07, 6.45) is 1.94. The SMILES string of the molecule is CC[C@]1(O)[C@H]2CCC3(C[C@H]([C@@H]2COC)N1C(=O)OC)OCCO3. The van der Waals surface area contributed by atoms with Crippen molar-refractivity contribution in [1.29, 1.82) is 0 Å². The summed E-state index contributed by atoms with van der Waals surface area (Å²) in [7, 11) is 2.99. The normalized spacial score (nSPS) is 38.8. The molecule has 2 heterocycles. The molecule has 1 N–H and O–H groups in total. The number of likely N-dealkylation sites (tertiary alicyclic amines) is 1. The van der Waals surface area contributed by atoms with Gasteiger partial charge in [-0.1, -0.05) is 6.92 Å². The number of rotatable bonds is 3. The van der Waals surface area contributed by atoms with Crippen LogP contribution in [0.15, 0.2) is 0 Å². The van der Waals surface area contributed by atoms with E-state index in [2.05, 4.69) is 0 Å². The van der Waals surface area contributed by atoms with Crippen molar-refractivity contribution in [2.24, 2.45) is 11.8 Å². The van der Waals surface area contributed by atoms with Crippen molar-refractivity contribution in [1.82, 2.24) is 4.90 Å². The van der Waals surface area contributed by atoms with Crippen LogP contribution in [0, 0.1) is 11.8 Å². The Morgan fingerprint density at radius 3 is 2.61 bits per heavy atom. The largest absolute Gasteiger partial charge is 0.453 e. The Morgan fingerprint density at radius 1 is 1.35 bits per heavy atom. The van der Waals surface area contributed by atoms with Crippen LogP contribution in [0.5, 0.6) is 0 Å². The van der Waals surface area contributed by atoms with Gasteiger partial charge in [-0.15, -0.1) is 0 Å². The van der Waals surface area contributed by atoms with E-state index in [1.165, 1.54) is 12.0 Å². The van der Waals surface area contributed by atoms with Gasteiger partial charge in [0.25, 0.3) is 0 Å². The Balaban J connectivity index is 1.99. The summed E-state index contributed by atoms with van der Waals surface area (Å²) < 4.78 is 22.1. The molecule has 0 aromatic carbocycles. The summed E-state index contributed by atoms with van der Waals surface area (Å²) >= 11 is 0. The van der Waals surface area contributed by atoms with Gasteiger partial charge in [-0.25, -0.2) is 4.79 Å². The highest BCUT2D eigenvalue weighted by Crippen LogP contribution is 2.53. The number of nitrogens with zero attached hydrogens (tertiary/aromatic N) is 1. The first kappa shape index (κ1) is 17.0. The van der Waals surface area contributed by atoms with Gasteiger partial charge in [0.15, 0.2) is 5.79 Å². The number of carbonyl (C=O) groups is 1. The Bertz CT molecular complexity index is 452. The molecule has 3 rings (SSSR count). The quantitative estimate of drug-likeness (QED) is 0.842. The number of hydrogen-bond acceptors (Lipinski definition) is 6. The van der Waals surface area contributed by atoms with Gasteiger partial charge >= 0.3 is 6.09 Å². The highest BCUT2D eigenvalue weighted by molar-refractivity contribution is 5.69. The third-order valence-corrected chi connectivity index (χ3v) is 5.77. The fourth-order valence-corrected chi connectivity index (χ4v) is 4.76. The Hall–Kier alpha value is -0.890. The highest BCUT2D eigenvalue weighted by Gasteiger charge is 2.63. The van der Waals surface area contributed by atoms with Gasteiger partial charge in [-0.3, -0.25) is 4.90 Å².